The smallest absolute Gasteiger partial charge is 0.0724 e. The Morgan fingerprint density at radius 2 is 1.04 bits per heavy atom. The first-order valence-corrected chi connectivity index (χ1v) is 16.8. The zero-order chi connectivity index (χ0) is 31.8. The second-order valence-corrected chi connectivity index (χ2v) is 13.2. The average Bonchev–Trinajstić information content (AvgIpc) is 3.89. The van der Waals surface area contributed by atoms with Gasteiger partial charge in [0.05, 0.1) is 44.8 Å². The third kappa shape index (κ3) is 3.12. The van der Waals surface area contributed by atoms with E-state index in [0.717, 1.165) is 16.9 Å². The van der Waals surface area contributed by atoms with Crippen LogP contribution in [-0.2, 0) is 0 Å². The lowest BCUT2D eigenvalue weighted by atomic mass is 9.99. The Morgan fingerprint density at radius 1 is 0.367 bits per heavy atom. The van der Waals surface area contributed by atoms with Crippen LogP contribution in [0.2, 0.25) is 0 Å². The summed E-state index contributed by atoms with van der Waals surface area (Å²) in [5.74, 6) is 0. The van der Waals surface area contributed by atoms with Crippen LogP contribution in [0.1, 0.15) is 0 Å². The minimum Gasteiger partial charge on any atom is -0.309 e. The molecule has 0 radical (unpaired) electrons. The summed E-state index contributed by atoms with van der Waals surface area (Å²) in [6.45, 7) is 0. The minimum atomic E-state index is 1.10. The lowest BCUT2D eigenvalue weighted by molar-refractivity contribution is 1.16. The third-order valence-corrected chi connectivity index (χ3v) is 10.8. The molecule has 12 aromatic rings. The molecule has 0 fully saturated rings. The van der Waals surface area contributed by atoms with Crippen molar-refractivity contribution in [2.24, 2.45) is 0 Å². The number of hydrogen-bond acceptors (Lipinski definition) is 1. The van der Waals surface area contributed by atoms with Gasteiger partial charge in [0.15, 0.2) is 0 Å². The minimum absolute atomic E-state index is 1.10. The molecule has 0 unspecified atom stereocenters. The number of rotatable bonds is 2. The molecule has 0 saturated carbocycles. The van der Waals surface area contributed by atoms with Gasteiger partial charge < -0.3 is 13.5 Å². The van der Waals surface area contributed by atoms with Gasteiger partial charge in [-0.05, 0) is 71.4 Å². The molecule has 7 aromatic carbocycles. The highest BCUT2D eigenvalue weighted by atomic mass is 15.0. The molecule has 5 aromatic heterocycles. The molecule has 0 N–H and O–H groups in total. The lowest BCUT2D eigenvalue weighted by Crippen LogP contribution is -1.96. The fourth-order valence-electron chi connectivity index (χ4n) is 8.89. The zero-order valence-electron chi connectivity index (χ0n) is 26.3. The summed E-state index contributed by atoms with van der Waals surface area (Å²) in [7, 11) is 0. The first-order chi connectivity index (χ1) is 24.3. The maximum Gasteiger partial charge on any atom is 0.0724 e. The molecular formula is C45H26N4. The van der Waals surface area contributed by atoms with E-state index in [9.17, 15) is 0 Å². The van der Waals surface area contributed by atoms with Crippen LogP contribution in [0, 0.1) is 0 Å². The van der Waals surface area contributed by atoms with Crippen LogP contribution >= 0.6 is 0 Å². The summed E-state index contributed by atoms with van der Waals surface area (Å²) in [4.78, 5) is 4.54. The van der Waals surface area contributed by atoms with Gasteiger partial charge in [-0.1, -0.05) is 84.9 Å². The summed E-state index contributed by atoms with van der Waals surface area (Å²) in [6, 6.07) is 53.4. The van der Waals surface area contributed by atoms with Crippen molar-refractivity contribution in [2.45, 2.75) is 0 Å². The summed E-state index contributed by atoms with van der Waals surface area (Å²) in [6.07, 6.45) is 3.89. The topological polar surface area (TPSA) is 27.2 Å². The van der Waals surface area contributed by atoms with Crippen molar-refractivity contribution >= 4 is 92.5 Å². The molecule has 0 aliphatic heterocycles. The van der Waals surface area contributed by atoms with Gasteiger partial charge in [0.1, 0.15) is 0 Å². The van der Waals surface area contributed by atoms with Crippen molar-refractivity contribution in [3.63, 3.8) is 0 Å². The van der Waals surface area contributed by atoms with Crippen molar-refractivity contribution < 1.29 is 0 Å². The molecule has 0 bridgehead atoms. The summed E-state index contributed by atoms with van der Waals surface area (Å²) in [5.41, 5.74) is 10.8. The van der Waals surface area contributed by atoms with E-state index in [-0.39, 0.29) is 0 Å². The second kappa shape index (κ2) is 9.03. The largest absolute Gasteiger partial charge is 0.309 e. The molecule has 12 rings (SSSR count). The van der Waals surface area contributed by atoms with Gasteiger partial charge in [0.25, 0.3) is 0 Å². The molecule has 0 spiro atoms. The molecule has 226 valence electrons. The highest BCUT2D eigenvalue weighted by molar-refractivity contribution is 6.37. The summed E-state index contributed by atoms with van der Waals surface area (Å²) < 4.78 is 7.36. The molecule has 4 heteroatoms. The number of nitrogens with zero attached hydrogens (tertiary/aromatic N) is 4. The Kier molecular flexibility index (Phi) is 4.69. The predicted molar refractivity (Wildman–Crippen MR) is 205 cm³/mol. The van der Waals surface area contributed by atoms with E-state index in [4.69, 9.17) is 0 Å². The average molecular weight is 623 g/mol. The number of hydrogen-bond donors (Lipinski definition) is 0. The van der Waals surface area contributed by atoms with Crippen molar-refractivity contribution in [2.75, 3.05) is 0 Å². The highest BCUT2D eigenvalue weighted by Crippen LogP contribution is 2.48. The predicted octanol–water partition coefficient (Wildman–Crippen LogP) is 11.6. The van der Waals surface area contributed by atoms with E-state index in [1.165, 1.54) is 87.0 Å². The van der Waals surface area contributed by atoms with Crippen LogP contribution in [0.5, 0.6) is 0 Å². The van der Waals surface area contributed by atoms with Crippen molar-refractivity contribution in [1.82, 2.24) is 18.5 Å². The number of benzene rings is 7. The van der Waals surface area contributed by atoms with Crippen LogP contribution in [0.4, 0.5) is 0 Å². The molecule has 5 heterocycles. The molecule has 0 saturated heterocycles. The van der Waals surface area contributed by atoms with Crippen molar-refractivity contribution in [3.05, 3.63) is 158 Å². The summed E-state index contributed by atoms with van der Waals surface area (Å²) >= 11 is 0. The number of para-hydroxylation sites is 3. The zero-order valence-corrected chi connectivity index (χ0v) is 26.3. The van der Waals surface area contributed by atoms with E-state index in [1.807, 2.05) is 12.4 Å². The normalized spacial score (nSPS) is 12.5. The van der Waals surface area contributed by atoms with Gasteiger partial charge >= 0.3 is 0 Å². The van der Waals surface area contributed by atoms with Gasteiger partial charge in [0, 0.05) is 60.7 Å². The third-order valence-electron chi connectivity index (χ3n) is 10.8. The van der Waals surface area contributed by atoms with E-state index >= 15 is 0 Å². The molecule has 0 aliphatic carbocycles. The van der Waals surface area contributed by atoms with E-state index < -0.39 is 0 Å². The molecular weight excluding hydrogens is 597 g/mol. The Balaban J connectivity index is 1.31. The maximum atomic E-state index is 4.54. The van der Waals surface area contributed by atoms with Gasteiger partial charge in [0.2, 0.25) is 0 Å². The standard InChI is InChI=1S/C45H26N4/c1-2-11-28(12-3-1)47-39-21-19-29(24-34(39)33-22-23-46-26-41(33)47)48-37-16-8-6-14-31(37)35-25-36-32-15-7-9-17-38(32)49-40-20-18-27-10-4-5-13-30(27)42(40)43(44(35)48)45(36)49/h1-26H. The Morgan fingerprint density at radius 3 is 1.92 bits per heavy atom. The first-order valence-electron chi connectivity index (χ1n) is 16.8. The van der Waals surface area contributed by atoms with Crippen molar-refractivity contribution in [1.29, 1.82) is 0 Å². The van der Waals surface area contributed by atoms with Crippen LogP contribution in [-0.4, -0.2) is 18.5 Å². The van der Waals surface area contributed by atoms with Crippen molar-refractivity contribution in [3.8, 4) is 11.4 Å². The van der Waals surface area contributed by atoms with E-state index in [0.29, 0.717) is 0 Å². The van der Waals surface area contributed by atoms with Gasteiger partial charge in [-0.2, -0.15) is 0 Å². The Labute approximate surface area is 279 Å². The first kappa shape index (κ1) is 25.4. The van der Waals surface area contributed by atoms with Crippen LogP contribution in [0.25, 0.3) is 104 Å². The van der Waals surface area contributed by atoms with Gasteiger partial charge in [-0.15, -0.1) is 0 Å². The van der Waals surface area contributed by atoms with E-state index in [2.05, 4.69) is 164 Å². The summed E-state index contributed by atoms with van der Waals surface area (Å²) in [5, 5.41) is 12.7. The molecule has 0 atom stereocenters. The van der Waals surface area contributed by atoms with Gasteiger partial charge in [-0.3, -0.25) is 4.98 Å². The SMILES string of the molecule is c1ccc(-n2c3ccc(-n4c5ccccc5c5cc6c7ccccc7n7c8ccc9ccccc9c8c(c54)c67)cc3c3ccncc32)cc1. The molecule has 0 aliphatic rings. The van der Waals surface area contributed by atoms with Crippen LogP contribution in [0.3, 0.4) is 0 Å². The van der Waals surface area contributed by atoms with Crippen LogP contribution in [0.15, 0.2) is 158 Å². The van der Waals surface area contributed by atoms with Gasteiger partial charge in [-0.25, -0.2) is 0 Å². The molecule has 4 nitrogen and oxygen atoms in total. The maximum absolute atomic E-state index is 4.54. The van der Waals surface area contributed by atoms with E-state index in [1.54, 1.807) is 0 Å². The van der Waals surface area contributed by atoms with Crippen LogP contribution < -0.4 is 0 Å². The Bertz CT molecular complexity index is 3320. The molecule has 49 heavy (non-hydrogen) atoms. The number of fused-ring (bicyclic) bond motifs is 15. The highest BCUT2D eigenvalue weighted by Gasteiger charge is 2.25. The number of aromatic nitrogens is 4. The number of pyridine rings is 1. The molecule has 0 amide bonds. The second-order valence-electron chi connectivity index (χ2n) is 13.2. The quantitative estimate of drug-likeness (QED) is 0.188. The lowest BCUT2D eigenvalue weighted by Gasteiger charge is -2.11. The Hall–Kier alpha value is -6.65. The monoisotopic (exact) mass is 622 g/mol. The fourth-order valence-corrected chi connectivity index (χ4v) is 8.89. The fraction of sp³-hybridized carbons (Fsp3) is 0.